The minimum absolute atomic E-state index is 0.0658. The number of nitrogens with two attached hydrogens (primary N) is 1. The van der Waals surface area contributed by atoms with E-state index in [9.17, 15) is 4.79 Å². The number of rotatable bonds is 2. The molecule has 1 aromatic rings. The monoisotopic (exact) mass is 224 g/mol. The zero-order valence-corrected chi connectivity index (χ0v) is 9.23. The van der Waals surface area contributed by atoms with Crippen LogP contribution in [0.5, 0.6) is 0 Å². The molecule has 0 atom stereocenters. The second-order valence-electron chi connectivity index (χ2n) is 4.09. The Bertz CT molecular complexity index is 407. The number of carbonyl (C=O) groups is 1. The van der Waals surface area contributed by atoms with Crippen LogP contribution < -0.4 is 11.1 Å². The fourth-order valence-corrected chi connectivity index (χ4v) is 2.06. The van der Waals surface area contributed by atoms with Crippen molar-refractivity contribution in [3.63, 3.8) is 0 Å². The molecule has 6 heteroatoms. The summed E-state index contributed by atoms with van der Waals surface area (Å²) in [5.41, 5.74) is 6.52. The van der Waals surface area contributed by atoms with Crippen molar-refractivity contribution in [3.8, 4) is 0 Å². The molecular weight excluding hydrogens is 208 g/mol. The predicted octanol–water partition coefficient (Wildman–Crippen LogP) is 0.396. The quantitative estimate of drug-likeness (QED) is 0.676. The second-order valence-corrected chi connectivity index (χ2v) is 4.09. The molecule has 0 radical (unpaired) electrons. The van der Waals surface area contributed by atoms with Crippen molar-refractivity contribution in [1.82, 2.24) is 15.1 Å². The van der Waals surface area contributed by atoms with Gasteiger partial charge in [0.05, 0.1) is 6.04 Å². The molecule has 0 unspecified atom stereocenters. The van der Waals surface area contributed by atoms with E-state index >= 15 is 0 Å². The highest BCUT2D eigenvalue weighted by atomic mass is 16.4. The first-order valence-electron chi connectivity index (χ1n) is 5.40. The molecule has 1 aliphatic rings. The molecule has 16 heavy (non-hydrogen) atoms. The molecule has 0 spiro atoms. The number of carboxylic acid groups (broad SMARTS) is 1. The third kappa shape index (κ3) is 1.76. The van der Waals surface area contributed by atoms with Gasteiger partial charge in [-0.1, -0.05) is 0 Å². The van der Waals surface area contributed by atoms with Crippen LogP contribution in [-0.2, 0) is 0 Å². The minimum Gasteiger partial charge on any atom is -0.476 e. The SMILES string of the molecule is Cc1c(C(=O)O)nn(C2CCNCC2)c1N. The molecule has 2 rings (SSSR count). The molecule has 1 aliphatic heterocycles. The first-order chi connectivity index (χ1) is 7.61. The van der Waals surface area contributed by atoms with Gasteiger partial charge in [-0.3, -0.25) is 0 Å². The molecule has 0 aliphatic carbocycles. The van der Waals surface area contributed by atoms with Gasteiger partial charge in [0.1, 0.15) is 5.82 Å². The summed E-state index contributed by atoms with van der Waals surface area (Å²) in [6.45, 7) is 3.54. The number of hydrogen-bond acceptors (Lipinski definition) is 4. The third-order valence-corrected chi connectivity index (χ3v) is 3.05. The summed E-state index contributed by atoms with van der Waals surface area (Å²) in [6, 6.07) is 0.216. The molecule has 0 amide bonds. The van der Waals surface area contributed by atoms with Crippen LogP contribution in [0.1, 0.15) is 34.9 Å². The number of hydrogen-bond donors (Lipinski definition) is 3. The first kappa shape index (κ1) is 10.9. The Morgan fingerprint density at radius 3 is 2.69 bits per heavy atom. The molecule has 1 saturated heterocycles. The number of nitrogen functional groups attached to an aromatic ring is 1. The zero-order valence-electron chi connectivity index (χ0n) is 9.23. The van der Waals surface area contributed by atoms with Gasteiger partial charge >= 0.3 is 5.97 Å². The predicted molar refractivity (Wildman–Crippen MR) is 59.5 cm³/mol. The standard InChI is InChI=1S/C10H16N4O2/c1-6-8(10(15)16)13-14(9(6)11)7-2-4-12-5-3-7/h7,12H,2-5,11H2,1H3,(H,15,16). The summed E-state index contributed by atoms with van der Waals surface area (Å²) in [4.78, 5) is 10.9. The van der Waals surface area contributed by atoms with E-state index in [4.69, 9.17) is 10.8 Å². The Hall–Kier alpha value is -1.56. The van der Waals surface area contributed by atoms with Crippen molar-refractivity contribution >= 4 is 11.8 Å². The lowest BCUT2D eigenvalue weighted by Gasteiger charge is -2.23. The average molecular weight is 224 g/mol. The molecule has 2 heterocycles. The second kappa shape index (κ2) is 4.13. The number of piperidine rings is 1. The highest BCUT2D eigenvalue weighted by Crippen LogP contribution is 2.25. The van der Waals surface area contributed by atoms with Crippen LogP contribution in [0.4, 0.5) is 5.82 Å². The normalized spacial score (nSPS) is 17.6. The molecule has 0 aromatic carbocycles. The summed E-state index contributed by atoms with van der Waals surface area (Å²) < 4.78 is 1.67. The molecule has 4 N–H and O–H groups in total. The molecular formula is C10H16N4O2. The highest BCUT2D eigenvalue weighted by Gasteiger charge is 2.23. The average Bonchev–Trinajstić information content (AvgIpc) is 2.58. The maximum absolute atomic E-state index is 10.9. The van der Waals surface area contributed by atoms with Gasteiger partial charge in [0, 0.05) is 5.56 Å². The molecule has 1 fully saturated rings. The third-order valence-electron chi connectivity index (χ3n) is 3.05. The van der Waals surface area contributed by atoms with Gasteiger partial charge < -0.3 is 16.2 Å². The van der Waals surface area contributed by atoms with Crippen LogP contribution in [0, 0.1) is 6.92 Å². The van der Waals surface area contributed by atoms with Gasteiger partial charge in [-0.05, 0) is 32.9 Å². The molecule has 6 nitrogen and oxygen atoms in total. The lowest BCUT2D eigenvalue weighted by atomic mass is 10.1. The smallest absolute Gasteiger partial charge is 0.356 e. The summed E-state index contributed by atoms with van der Waals surface area (Å²) in [5.74, 6) is -0.541. The molecule has 88 valence electrons. The lowest BCUT2D eigenvalue weighted by molar-refractivity contribution is 0.0688. The lowest BCUT2D eigenvalue weighted by Crippen LogP contribution is -2.30. The maximum atomic E-state index is 10.9. The van der Waals surface area contributed by atoms with E-state index in [-0.39, 0.29) is 11.7 Å². The van der Waals surface area contributed by atoms with Gasteiger partial charge in [0.15, 0.2) is 5.69 Å². The minimum atomic E-state index is -1.02. The van der Waals surface area contributed by atoms with Crippen molar-refractivity contribution < 1.29 is 9.90 Å². The number of anilines is 1. The fourth-order valence-electron chi connectivity index (χ4n) is 2.06. The van der Waals surface area contributed by atoms with E-state index in [1.54, 1.807) is 11.6 Å². The van der Waals surface area contributed by atoms with Gasteiger partial charge in [-0.2, -0.15) is 5.10 Å². The Balaban J connectivity index is 2.33. The number of nitrogens with one attached hydrogen (secondary N) is 1. The Labute approximate surface area is 93.4 Å². The van der Waals surface area contributed by atoms with Crippen LogP contribution >= 0.6 is 0 Å². The summed E-state index contributed by atoms with van der Waals surface area (Å²) in [5, 5.41) is 16.3. The van der Waals surface area contributed by atoms with Crippen LogP contribution in [0.3, 0.4) is 0 Å². The fraction of sp³-hybridized carbons (Fsp3) is 0.600. The van der Waals surface area contributed by atoms with Gasteiger partial charge in [-0.15, -0.1) is 0 Å². The number of carboxylic acids is 1. The van der Waals surface area contributed by atoms with Gasteiger partial charge in [0.25, 0.3) is 0 Å². The largest absolute Gasteiger partial charge is 0.476 e. The van der Waals surface area contributed by atoms with E-state index < -0.39 is 5.97 Å². The van der Waals surface area contributed by atoms with E-state index in [2.05, 4.69) is 10.4 Å². The van der Waals surface area contributed by atoms with Crippen LogP contribution in [-0.4, -0.2) is 33.9 Å². The van der Waals surface area contributed by atoms with Crippen molar-refractivity contribution in [3.05, 3.63) is 11.3 Å². The van der Waals surface area contributed by atoms with Crippen molar-refractivity contribution in [2.75, 3.05) is 18.8 Å². The van der Waals surface area contributed by atoms with E-state index in [1.807, 2.05) is 0 Å². The molecule has 0 saturated carbocycles. The van der Waals surface area contributed by atoms with Crippen molar-refractivity contribution in [1.29, 1.82) is 0 Å². The Morgan fingerprint density at radius 2 is 2.19 bits per heavy atom. The number of nitrogens with zero attached hydrogens (tertiary/aromatic N) is 2. The van der Waals surface area contributed by atoms with Crippen molar-refractivity contribution in [2.45, 2.75) is 25.8 Å². The maximum Gasteiger partial charge on any atom is 0.356 e. The summed E-state index contributed by atoms with van der Waals surface area (Å²) in [7, 11) is 0. The topological polar surface area (TPSA) is 93.2 Å². The van der Waals surface area contributed by atoms with Crippen LogP contribution in [0.2, 0.25) is 0 Å². The number of aromatic carboxylic acids is 1. The molecule has 1 aromatic heterocycles. The Morgan fingerprint density at radius 1 is 1.56 bits per heavy atom. The Kier molecular flexibility index (Phi) is 2.82. The zero-order chi connectivity index (χ0) is 11.7. The first-order valence-corrected chi connectivity index (χ1v) is 5.40. The van der Waals surface area contributed by atoms with Crippen LogP contribution in [0.25, 0.3) is 0 Å². The number of aromatic nitrogens is 2. The van der Waals surface area contributed by atoms with E-state index in [0.29, 0.717) is 11.4 Å². The van der Waals surface area contributed by atoms with Crippen LogP contribution in [0.15, 0.2) is 0 Å². The summed E-state index contributed by atoms with van der Waals surface area (Å²) in [6.07, 6.45) is 1.87. The van der Waals surface area contributed by atoms with E-state index in [0.717, 1.165) is 25.9 Å². The van der Waals surface area contributed by atoms with Gasteiger partial charge in [0.2, 0.25) is 0 Å². The highest BCUT2D eigenvalue weighted by molar-refractivity contribution is 5.88. The van der Waals surface area contributed by atoms with Gasteiger partial charge in [-0.25, -0.2) is 9.48 Å². The summed E-state index contributed by atoms with van der Waals surface area (Å²) >= 11 is 0. The van der Waals surface area contributed by atoms with E-state index in [1.165, 1.54) is 0 Å². The van der Waals surface area contributed by atoms with Crippen molar-refractivity contribution in [2.24, 2.45) is 0 Å². The molecule has 0 bridgehead atoms.